The van der Waals surface area contributed by atoms with Gasteiger partial charge in [0.15, 0.2) is 0 Å². The van der Waals surface area contributed by atoms with E-state index in [9.17, 15) is 17.6 Å². The summed E-state index contributed by atoms with van der Waals surface area (Å²) >= 11 is 6.19. The fraction of sp³-hybridized carbons (Fsp3) is 0.381. The number of halogens is 2. The third kappa shape index (κ3) is 5.57. The molecule has 1 amide bonds. The van der Waals surface area contributed by atoms with E-state index in [4.69, 9.17) is 11.6 Å². The molecule has 1 atom stereocenters. The summed E-state index contributed by atoms with van der Waals surface area (Å²) < 4.78 is 40.1. The minimum absolute atomic E-state index is 0.0728. The van der Waals surface area contributed by atoms with Crippen molar-refractivity contribution in [2.75, 3.05) is 32.7 Å². The highest BCUT2D eigenvalue weighted by atomic mass is 35.5. The maximum Gasteiger partial charge on any atom is 0.243 e. The quantitative estimate of drug-likeness (QED) is 0.729. The summed E-state index contributed by atoms with van der Waals surface area (Å²) in [4.78, 5) is 14.5. The molecule has 1 unspecified atom stereocenters. The Morgan fingerprint density at radius 3 is 2.50 bits per heavy atom. The number of benzene rings is 2. The van der Waals surface area contributed by atoms with Crippen molar-refractivity contribution in [2.24, 2.45) is 0 Å². The van der Waals surface area contributed by atoms with Crippen molar-refractivity contribution in [1.82, 2.24) is 14.5 Å². The molecule has 1 aliphatic rings. The van der Waals surface area contributed by atoms with Gasteiger partial charge < -0.3 is 5.32 Å². The molecule has 1 saturated heterocycles. The van der Waals surface area contributed by atoms with Gasteiger partial charge in [0.05, 0.1) is 17.5 Å². The number of amides is 1. The first kappa shape index (κ1) is 22.7. The summed E-state index contributed by atoms with van der Waals surface area (Å²) in [6, 6.07) is 12.0. The van der Waals surface area contributed by atoms with Gasteiger partial charge in [-0.25, -0.2) is 12.8 Å². The topological polar surface area (TPSA) is 69.7 Å². The van der Waals surface area contributed by atoms with Crippen molar-refractivity contribution in [3.63, 3.8) is 0 Å². The minimum atomic E-state index is -3.69. The molecule has 3 rings (SSSR count). The molecule has 0 radical (unpaired) electrons. The number of nitrogens with one attached hydrogen (secondary N) is 1. The van der Waals surface area contributed by atoms with Gasteiger partial charge in [0.25, 0.3) is 0 Å². The Morgan fingerprint density at radius 2 is 1.80 bits per heavy atom. The Labute approximate surface area is 181 Å². The van der Waals surface area contributed by atoms with Crippen LogP contribution in [0.25, 0.3) is 0 Å². The molecule has 1 N–H and O–H groups in total. The molecular weight excluding hydrogens is 429 g/mol. The molecular formula is C21H25ClFN3O3S. The Bertz CT molecular complexity index is 985. The first-order valence-corrected chi connectivity index (χ1v) is 11.6. The highest BCUT2D eigenvalue weighted by Crippen LogP contribution is 2.22. The highest BCUT2D eigenvalue weighted by molar-refractivity contribution is 7.89. The van der Waals surface area contributed by atoms with Crippen molar-refractivity contribution in [3.05, 3.63) is 64.9 Å². The molecule has 30 heavy (non-hydrogen) atoms. The maximum absolute atomic E-state index is 13.1. The Morgan fingerprint density at radius 1 is 1.10 bits per heavy atom. The predicted octanol–water partition coefficient (Wildman–Crippen LogP) is 3.05. The lowest BCUT2D eigenvalue weighted by atomic mass is 10.1. The Balaban J connectivity index is 1.56. The number of hydrogen-bond donors (Lipinski definition) is 1. The molecule has 0 aromatic heterocycles. The zero-order chi connectivity index (χ0) is 21.7. The molecule has 2 aromatic carbocycles. The van der Waals surface area contributed by atoms with Crippen molar-refractivity contribution < 1.29 is 17.6 Å². The lowest BCUT2D eigenvalue weighted by molar-refractivity contribution is -0.122. The number of rotatable bonds is 6. The molecule has 0 bridgehead atoms. The maximum atomic E-state index is 13.1. The summed E-state index contributed by atoms with van der Waals surface area (Å²) in [6.07, 6.45) is 0.605. The van der Waals surface area contributed by atoms with Gasteiger partial charge in [-0.1, -0.05) is 29.8 Å². The first-order chi connectivity index (χ1) is 14.3. The van der Waals surface area contributed by atoms with Crippen LogP contribution in [0, 0.1) is 5.82 Å². The molecule has 1 heterocycles. The van der Waals surface area contributed by atoms with Gasteiger partial charge in [-0.2, -0.15) is 4.31 Å². The molecule has 9 heteroatoms. The Kier molecular flexibility index (Phi) is 7.46. The second-order valence-electron chi connectivity index (χ2n) is 7.30. The number of hydrogen-bond acceptors (Lipinski definition) is 4. The van der Waals surface area contributed by atoms with Gasteiger partial charge in [-0.05, 0) is 55.8 Å². The van der Waals surface area contributed by atoms with Crippen molar-refractivity contribution in [3.8, 4) is 0 Å². The minimum Gasteiger partial charge on any atom is -0.348 e. The Hall–Kier alpha value is -2.00. The largest absolute Gasteiger partial charge is 0.348 e. The van der Waals surface area contributed by atoms with Crippen LogP contribution in [0.2, 0.25) is 5.02 Å². The highest BCUT2D eigenvalue weighted by Gasteiger charge is 2.27. The van der Waals surface area contributed by atoms with Gasteiger partial charge in [-0.15, -0.1) is 0 Å². The summed E-state index contributed by atoms with van der Waals surface area (Å²) in [7, 11) is -3.69. The average Bonchev–Trinajstić information content (AvgIpc) is 2.94. The number of carbonyl (C=O) groups is 1. The monoisotopic (exact) mass is 453 g/mol. The van der Waals surface area contributed by atoms with Gasteiger partial charge in [0, 0.05) is 24.7 Å². The van der Waals surface area contributed by atoms with Gasteiger partial charge >= 0.3 is 0 Å². The van der Waals surface area contributed by atoms with Crippen LogP contribution in [0.1, 0.15) is 24.9 Å². The van der Waals surface area contributed by atoms with E-state index in [1.165, 1.54) is 16.4 Å². The smallest absolute Gasteiger partial charge is 0.243 e. The number of sulfonamides is 1. The predicted molar refractivity (Wildman–Crippen MR) is 114 cm³/mol. The van der Waals surface area contributed by atoms with E-state index in [0.29, 0.717) is 31.1 Å². The molecule has 1 fully saturated rings. The summed E-state index contributed by atoms with van der Waals surface area (Å²) in [5, 5.41) is 3.54. The van der Waals surface area contributed by atoms with Crippen LogP contribution in [0.3, 0.4) is 0 Å². The molecule has 2 aromatic rings. The summed E-state index contributed by atoms with van der Waals surface area (Å²) in [5.74, 6) is -0.620. The van der Waals surface area contributed by atoms with Crippen LogP contribution in [0.15, 0.2) is 53.4 Å². The van der Waals surface area contributed by atoms with E-state index in [1.807, 2.05) is 30.0 Å². The fourth-order valence-corrected chi connectivity index (χ4v) is 5.26. The van der Waals surface area contributed by atoms with Crippen LogP contribution in [0.5, 0.6) is 0 Å². The van der Waals surface area contributed by atoms with Crippen LogP contribution in [0.4, 0.5) is 4.39 Å². The van der Waals surface area contributed by atoms with Crippen LogP contribution in [-0.2, 0) is 14.8 Å². The SMILES string of the molecule is CC(NC(=O)CN1CCCN(S(=O)(=O)c2ccc(F)cc2)CC1)c1ccccc1Cl. The van der Waals surface area contributed by atoms with E-state index >= 15 is 0 Å². The second kappa shape index (κ2) is 9.87. The zero-order valence-corrected chi connectivity index (χ0v) is 18.3. The third-order valence-electron chi connectivity index (χ3n) is 5.12. The van der Waals surface area contributed by atoms with E-state index in [-0.39, 0.29) is 29.9 Å². The van der Waals surface area contributed by atoms with Crippen molar-refractivity contribution in [1.29, 1.82) is 0 Å². The van der Waals surface area contributed by atoms with Gasteiger partial charge in [-0.3, -0.25) is 9.69 Å². The summed E-state index contributed by atoms with van der Waals surface area (Å²) in [6.45, 7) is 3.73. The molecule has 6 nitrogen and oxygen atoms in total. The van der Waals surface area contributed by atoms with Gasteiger partial charge in [0.1, 0.15) is 5.82 Å². The van der Waals surface area contributed by atoms with Crippen molar-refractivity contribution >= 4 is 27.5 Å². The van der Waals surface area contributed by atoms with E-state index in [0.717, 1.165) is 17.7 Å². The lowest BCUT2D eigenvalue weighted by Crippen LogP contribution is -2.40. The lowest BCUT2D eigenvalue weighted by Gasteiger charge is -2.22. The van der Waals surface area contributed by atoms with E-state index in [1.54, 1.807) is 6.07 Å². The average molecular weight is 454 g/mol. The van der Waals surface area contributed by atoms with Crippen LogP contribution in [-0.4, -0.2) is 56.3 Å². The zero-order valence-electron chi connectivity index (χ0n) is 16.7. The van der Waals surface area contributed by atoms with Crippen LogP contribution < -0.4 is 5.32 Å². The van der Waals surface area contributed by atoms with Crippen molar-refractivity contribution in [2.45, 2.75) is 24.3 Å². The molecule has 1 aliphatic heterocycles. The molecule has 0 spiro atoms. The van der Waals surface area contributed by atoms with E-state index in [2.05, 4.69) is 5.32 Å². The second-order valence-corrected chi connectivity index (χ2v) is 9.64. The van der Waals surface area contributed by atoms with Crippen LogP contribution >= 0.6 is 11.6 Å². The van der Waals surface area contributed by atoms with E-state index < -0.39 is 15.8 Å². The first-order valence-electron chi connectivity index (χ1n) is 9.79. The molecule has 162 valence electrons. The standard InChI is InChI=1S/C21H25ClFN3O3S/c1-16(19-5-2-3-6-20(19)22)24-21(27)15-25-11-4-12-26(14-13-25)30(28,29)18-9-7-17(23)8-10-18/h2-3,5-10,16H,4,11-15H2,1H3,(H,24,27). The summed E-state index contributed by atoms with van der Waals surface area (Å²) in [5.41, 5.74) is 0.847. The molecule has 0 saturated carbocycles. The van der Waals surface area contributed by atoms with Gasteiger partial charge in [0.2, 0.25) is 15.9 Å². The molecule has 0 aliphatic carbocycles. The number of carbonyl (C=O) groups excluding carboxylic acids is 1. The normalized spacial score (nSPS) is 17.3. The fourth-order valence-electron chi connectivity index (χ4n) is 3.50. The third-order valence-corrected chi connectivity index (χ3v) is 7.37. The number of nitrogens with zero attached hydrogens (tertiary/aromatic N) is 2.